The van der Waals surface area contributed by atoms with E-state index in [2.05, 4.69) is 30.3 Å². The SMILES string of the molecule is C.CC1(C)O[C@H]2[C@H](c3ccc4c(N)ncnn34)O[C@@](CO)(CF)[C@H]2O1.C[C@H](NP(=O)(OC[C@@]1(CF)O[C@@H](c2ccc3c(N)ncnn23)[C@H](O)[C@@H]1O)Oc1ccccc1)C(=O)OCC1(C)CC1.C[C@H](NP(=O)(Oc1ccccc1)Oc1ccc([N+](=O)[O-])cc1)C(=O)OCC1(C)CC1.[Y].[Y].[Y].[Y]. The number of nitrogen functional groups attached to an aromatic ring is 2. The molecule has 4 radical (unpaired) electrons. The van der Waals surface area contributed by atoms with Crippen LogP contribution in [0.3, 0.4) is 0 Å². The van der Waals surface area contributed by atoms with E-state index in [-0.39, 0.29) is 190 Å². The smallest absolute Gasteiger partial charge is 0.464 e. The number of rotatable bonds is 25. The third-order valence-electron chi connectivity index (χ3n) is 16.6. The number of aliphatic hydroxyl groups excluding tert-OH is 3. The van der Waals surface area contributed by atoms with Crippen LogP contribution in [0.15, 0.2) is 122 Å². The first kappa shape index (κ1) is 87.2. The summed E-state index contributed by atoms with van der Waals surface area (Å²) >= 11 is 0. The summed E-state index contributed by atoms with van der Waals surface area (Å²) in [4.78, 5) is 43.1. The molecule has 7 aromatic rings. The molecule has 0 spiro atoms. The van der Waals surface area contributed by atoms with Crippen LogP contribution in [0.25, 0.3) is 11.0 Å². The van der Waals surface area contributed by atoms with Gasteiger partial charge in [0.2, 0.25) is 0 Å². The van der Waals surface area contributed by atoms with Crippen LogP contribution in [0.4, 0.5) is 26.1 Å². The van der Waals surface area contributed by atoms with E-state index >= 15 is 0 Å². The number of aliphatic hydroxyl groups is 3. The maximum Gasteiger partial charge on any atom is 0.513 e. The number of nitrogens with zero attached hydrogens (tertiary/aromatic N) is 7. The molecule has 7 heterocycles. The summed E-state index contributed by atoms with van der Waals surface area (Å²) in [6.07, 6.45) is -0.175. The number of halogens is 2. The van der Waals surface area contributed by atoms with E-state index in [9.17, 15) is 52.9 Å². The molecule has 38 heteroatoms. The number of ether oxygens (including phenoxy) is 6. The van der Waals surface area contributed by atoms with Gasteiger partial charge in [0.15, 0.2) is 17.4 Å². The summed E-state index contributed by atoms with van der Waals surface area (Å²) in [6.45, 7) is 7.44. The van der Waals surface area contributed by atoms with Crippen LogP contribution in [0.5, 0.6) is 17.2 Å². The molecule has 30 nitrogen and oxygen atoms in total. The Morgan fingerprint density at radius 2 is 1.08 bits per heavy atom. The fourth-order valence-electron chi connectivity index (χ4n) is 10.5. The Kier molecular flexibility index (Phi) is 31.6. The number of aromatic nitrogens is 6. The summed E-state index contributed by atoms with van der Waals surface area (Å²) in [6, 6.07) is 26.0. The largest absolute Gasteiger partial charge is 0.513 e. The van der Waals surface area contributed by atoms with E-state index in [1.165, 1.54) is 67.4 Å². The number of hydrogen-bond acceptors (Lipinski definition) is 25. The van der Waals surface area contributed by atoms with Crippen molar-refractivity contribution in [3.63, 3.8) is 0 Å². The summed E-state index contributed by atoms with van der Waals surface area (Å²) in [5, 5.41) is 55.8. The summed E-state index contributed by atoms with van der Waals surface area (Å²) in [7, 11) is -8.49. The first-order valence-corrected chi connectivity index (χ1v) is 33.3. The van der Waals surface area contributed by atoms with Crippen molar-refractivity contribution < 1.29 is 225 Å². The van der Waals surface area contributed by atoms with E-state index in [0.29, 0.717) is 29.2 Å². The molecule has 2 unspecified atom stereocenters. The standard InChI is InChI=1S/C26H33FN5O8P.C20H23N2O7P.C15H19FN4O4.CH4.4Y/c1-16(24(35)37-13-25(2)10-11-25)31-41(36,40-17-6-4-3-5-7-17)38-14-26(12-27)22(34)20(33)21(39-26)18-8-9-19-23(28)29-15-30-32(18)19;1-15(19(23)27-14-20(2)12-13-20)21-30(26,28-17-6-4-3-5-7-17)29-18-10-8-16(9-11-18)22(24)25;1-14(2)22-11-10(23-15(5-16,6-21)12(11)24-14)8-3-4-9-13(17)18-7-19-20(8)9;;;;;/h3-9,15-16,20-22,33-34H,10-14H2,1-2H3,(H,31,36)(H2,28,29,30);3-11,15H,12-14H2,1-2H3,(H,21,26);3-4,7,10-12,21H,5-6H2,1-2H3,(H2,17,18,19);1H4;;;;/t16-,20-,21-,22-,26+,41?;15-,30?;10-,11-,12-,15+;;;;;/m000...../s1. The van der Waals surface area contributed by atoms with Crippen LogP contribution in [0.2, 0.25) is 0 Å². The fraction of sp³-hybridized carbons (Fsp3) is 0.484. The number of nitro benzene ring substituents is 1. The van der Waals surface area contributed by atoms with Crippen LogP contribution in [0, 0.1) is 20.9 Å². The third-order valence-corrected chi connectivity index (χ3v) is 19.8. The summed E-state index contributed by atoms with van der Waals surface area (Å²) in [5.41, 5.74) is 9.91. The van der Waals surface area contributed by atoms with Gasteiger partial charge in [-0.1, -0.05) is 57.7 Å². The molecule has 12 rings (SSSR count). The average molecular weight is 1740 g/mol. The molecular weight excluding hydrogens is 1660 g/mol. The molecule has 532 valence electrons. The number of fused-ring (bicyclic) bond motifs is 3. The summed E-state index contributed by atoms with van der Waals surface area (Å²) < 4.78 is 115. The first-order chi connectivity index (χ1) is 45.1. The Hall–Kier alpha value is -3.42. The Morgan fingerprint density at radius 3 is 1.52 bits per heavy atom. The molecule has 3 saturated heterocycles. The topological polar surface area (TPSA) is 401 Å². The number of anilines is 2. The van der Waals surface area contributed by atoms with Crippen molar-refractivity contribution in [2.75, 3.05) is 51.2 Å². The zero-order chi connectivity index (χ0) is 68.3. The van der Waals surface area contributed by atoms with Gasteiger partial charge >= 0.3 is 27.4 Å². The number of alkyl halides is 2. The maximum atomic E-state index is 14.6. The van der Waals surface area contributed by atoms with Gasteiger partial charge in [-0.25, -0.2) is 36.9 Å². The molecule has 2 saturated carbocycles. The molecule has 9 N–H and O–H groups in total. The van der Waals surface area contributed by atoms with E-state index in [0.717, 1.165) is 25.7 Å². The van der Waals surface area contributed by atoms with Crippen LogP contribution < -0.4 is 35.2 Å². The minimum Gasteiger partial charge on any atom is -0.464 e. The van der Waals surface area contributed by atoms with E-state index in [4.69, 9.17) is 58.0 Å². The molecule has 0 bridgehead atoms. The van der Waals surface area contributed by atoms with E-state index in [1.807, 2.05) is 13.8 Å². The average Bonchev–Trinajstić information content (AvgIpc) is 1.57. The molecule has 3 aromatic carbocycles. The molecular formula is C62H79F2N11O19P2Y4. The predicted molar refractivity (Wildman–Crippen MR) is 340 cm³/mol. The van der Waals surface area contributed by atoms with Gasteiger partial charge in [0.05, 0.1) is 42.7 Å². The third kappa shape index (κ3) is 20.8. The monoisotopic (exact) mass is 1740 g/mol. The molecule has 2 aliphatic carbocycles. The molecule has 12 atom stereocenters. The van der Waals surface area contributed by atoms with Gasteiger partial charge in [-0.3, -0.25) is 24.2 Å². The van der Waals surface area contributed by atoms with Gasteiger partial charge in [0, 0.05) is 154 Å². The van der Waals surface area contributed by atoms with Crippen LogP contribution in [-0.2, 0) is 183 Å². The molecule has 100 heavy (non-hydrogen) atoms. The van der Waals surface area contributed by atoms with Gasteiger partial charge in [0.1, 0.15) is 114 Å². The second-order valence-electron chi connectivity index (χ2n) is 24.9. The predicted octanol–water partition coefficient (Wildman–Crippen LogP) is 8.05. The zero-order valence-electron chi connectivity index (χ0n) is 54.9. The number of hydrogen-bond donors (Lipinski definition) is 7. The number of nitrogens with two attached hydrogens (primary N) is 2. The number of nitrogens with one attached hydrogen (secondary N) is 2. The number of benzene rings is 3. The quantitative estimate of drug-likeness (QED) is 0.0123. The number of para-hydroxylation sites is 2. The number of non-ortho nitro benzene ring substituents is 1. The summed E-state index contributed by atoms with van der Waals surface area (Å²) in [5.74, 6) is -1.16. The van der Waals surface area contributed by atoms with Gasteiger partial charge < -0.3 is 68.8 Å². The molecule has 0 amide bonds. The van der Waals surface area contributed by atoms with Crippen molar-refractivity contribution in [2.45, 2.75) is 140 Å². The van der Waals surface area contributed by atoms with E-state index in [1.54, 1.807) is 91.2 Å². The molecule has 3 aliphatic heterocycles. The van der Waals surface area contributed by atoms with Crippen molar-refractivity contribution in [1.29, 1.82) is 0 Å². The number of carbonyl (C=O) groups is 2. The Labute approximate surface area is 676 Å². The van der Waals surface area contributed by atoms with Crippen molar-refractivity contribution in [3.8, 4) is 17.2 Å². The zero-order valence-corrected chi connectivity index (χ0v) is 68.0. The second-order valence-corrected chi connectivity index (χ2v) is 28.3. The Morgan fingerprint density at radius 1 is 0.650 bits per heavy atom. The molecule has 4 aromatic heterocycles. The van der Waals surface area contributed by atoms with Crippen LogP contribution in [0.1, 0.15) is 98.2 Å². The second kappa shape index (κ2) is 36.2. The van der Waals surface area contributed by atoms with Crippen LogP contribution >= 0.6 is 15.5 Å². The van der Waals surface area contributed by atoms with E-state index < -0.39 is 125 Å². The Balaban J connectivity index is 0.000000273. The number of nitro groups is 1. The number of carbonyl (C=O) groups excluding carboxylic acids is 2. The maximum absolute atomic E-state index is 14.6. The minimum absolute atomic E-state index is 0. The molecule has 5 fully saturated rings. The Bertz CT molecular complexity index is 3970. The first-order valence-electron chi connectivity index (χ1n) is 30.2. The fourth-order valence-corrected chi connectivity index (χ4v) is 13.5. The van der Waals surface area contributed by atoms with Gasteiger partial charge in [-0.2, -0.15) is 20.4 Å². The van der Waals surface area contributed by atoms with Crippen molar-refractivity contribution in [2.24, 2.45) is 10.8 Å². The normalized spacial score (nSPS) is 24.7. The van der Waals surface area contributed by atoms with Gasteiger partial charge in [-0.15, -0.1) is 0 Å². The van der Waals surface area contributed by atoms with Crippen LogP contribution in [-0.4, -0.2) is 155 Å². The van der Waals surface area contributed by atoms with Crippen molar-refractivity contribution in [3.05, 3.63) is 143 Å². The van der Waals surface area contributed by atoms with Crippen molar-refractivity contribution >= 4 is 55.8 Å². The minimum atomic E-state index is -4.41. The van der Waals surface area contributed by atoms with Gasteiger partial charge in [-0.05, 0) is 114 Å². The van der Waals surface area contributed by atoms with Gasteiger partial charge in [0.25, 0.3) is 5.69 Å². The molecule has 5 aliphatic rings. The number of esters is 2. The van der Waals surface area contributed by atoms with Crippen molar-refractivity contribution in [1.82, 2.24) is 39.4 Å².